The molecule has 1 aromatic carbocycles. The van der Waals surface area contributed by atoms with E-state index in [-0.39, 0.29) is 25.4 Å². The first-order chi connectivity index (χ1) is 13.5. The van der Waals surface area contributed by atoms with E-state index in [0.29, 0.717) is 12.0 Å². The largest absolute Gasteiger partial charge is 0.354 e. The Morgan fingerprint density at radius 1 is 1.14 bits per heavy atom. The molecule has 3 rings (SSSR count). The molecule has 2 heterocycles. The lowest BCUT2D eigenvalue weighted by molar-refractivity contribution is -0.135. The summed E-state index contributed by atoms with van der Waals surface area (Å²) in [6.45, 7) is 3.19. The second-order valence-electron chi connectivity index (χ2n) is 7.13. The molecule has 8 heteroatoms. The first-order valence-electron chi connectivity index (χ1n) is 9.72. The van der Waals surface area contributed by atoms with Gasteiger partial charge in [0.25, 0.3) is 5.91 Å². The molecule has 2 fully saturated rings. The van der Waals surface area contributed by atoms with Gasteiger partial charge in [-0.25, -0.2) is 4.79 Å². The third-order valence-corrected chi connectivity index (χ3v) is 5.39. The number of nitrogens with zero attached hydrogens (tertiary/aromatic N) is 2. The van der Waals surface area contributed by atoms with Crippen LogP contribution < -0.4 is 10.6 Å². The number of imide groups is 1. The zero-order chi connectivity index (χ0) is 20.1. The van der Waals surface area contributed by atoms with E-state index in [1.54, 1.807) is 29.2 Å². The van der Waals surface area contributed by atoms with Crippen LogP contribution in [0.5, 0.6) is 0 Å². The number of rotatable bonds is 7. The maximum absolute atomic E-state index is 13.0. The van der Waals surface area contributed by atoms with Crippen molar-refractivity contribution in [3.8, 4) is 0 Å². The first kappa shape index (κ1) is 19.9. The van der Waals surface area contributed by atoms with Gasteiger partial charge in [-0.15, -0.1) is 0 Å². The highest BCUT2D eigenvalue weighted by atomic mass is 16.2. The molecule has 1 aromatic rings. The Morgan fingerprint density at radius 3 is 2.46 bits per heavy atom. The van der Waals surface area contributed by atoms with Gasteiger partial charge in [0.2, 0.25) is 11.8 Å². The minimum atomic E-state index is -1.15. The Morgan fingerprint density at radius 2 is 1.82 bits per heavy atom. The molecule has 150 valence electrons. The normalized spacial score (nSPS) is 21.8. The number of likely N-dealkylation sites (tertiary alicyclic amines) is 1. The van der Waals surface area contributed by atoms with E-state index in [9.17, 15) is 19.2 Å². The van der Waals surface area contributed by atoms with Crippen LogP contribution >= 0.6 is 0 Å². The quantitative estimate of drug-likeness (QED) is 0.682. The number of amides is 5. The Kier molecular flexibility index (Phi) is 5.96. The number of hydrogen-bond donors (Lipinski definition) is 2. The summed E-state index contributed by atoms with van der Waals surface area (Å²) in [5.41, 5.74) is -0.459. The van der Waals surface area contributed by atoms with Crippen LogP contribution in [0.3, 0.4) is 0 Å². The van der Waals surface area contributed by atoms with Crippen molar-refractivity contribution in [1.82, 2.24) is 20.4 Å². The highest BCUT2D eigenvalue weighted by molar-refractivity contribution is 6.09. The summed E-state index contributed by atoms with van der Waals surface area (Å²) in [5.74, 6) is -0.881. The molecule has 5 amide bonds. The summed E-state index contributed by atoms with van der Waals surface area (Å²) in [6, 6.07) is 8.43. The van der Waals surface area contributed by atoms with Gasteiger partial charge in [0.05, 0.1) is 0 Å². The van der Waals surface area contributed by atoms with Gasteiger partial charge >= 0.3 is 6.03 Å². The highest BCUT2D eigenvalue weighted by Gasteiger charge is 2.51. The van der Waals surface area contributed by atoms with Crippen molar-refractivity contribution in [2.75, 3.05) is 26.2 Å². The Labute approximate surface area is 164 Å². The first-order valence-corrected chi connectivity index (χ1v) is 9.72. The minimum Gasteiger partial charge on any atom is -0.354 e. The Bertz CT molecular complexity index is 761. The average molecular weight is 386 g/mol. The van der Waals surface area contributed by atoms with Crippen molar-refractivity contribution < 1.29 is 19.2 Å². The molecule has 2 saturated heterocycles. The average Bonchev–Trinajstić information content (AvgIpc) is 3.32. The van der Waals surface area contributed by atoms with Crippen LogP contribution in [0.25, 0.3) is 0 Å². The van der Waals surface area contributed by atoms with Gasteiger partial charge in [-0.05, 0) is 24.8 Å². The van der Waals surface area contributed by atoms with Crippen molar-refractivity contribution >= 4 is 23.8 Å². The van der Waals surface area contributed by atoms with E-state index < -0.39 is 23.4 Å². The summed E-state index contributed by atoms with van der Waals surface area (Å²) in [5, 5.41) is 5.38. The number of carbonyl (C=O) groups is 4. The zero-order valence-corrected chi connectivity index (χ0v) is 16.1. The standard InChI is InChI=1S/C20H26N4O4/c1-2-20(15-8-4-3-5-9-15)18(27)24(19(28)22-20)14-16(25)21-11-10-17(26)23-12-6-7-13-23/h3-5,8-9H,2,6-7,10-14H2,1H3,(H,21,25)(H,22,28). The topological polar surface area (TPSA) is 98.8 Å². The molecule has 8 nitrogen and oxygen atoms in total. The smallest absolute Gasteiger partial charge is 0.325 e. The predicted molar refractivity (Wildman–Crippen MR) is 102 cm³/mol. The van der Waals surface area contributed by atoms with Crippen LogP contribution in [0.2, 0.25) is 0 Å². The summed E-state index contributed by atoms with van der Waals surface area (Å²) in [7, 11) is 0. The molecule has 0 aliphatic carbocycles. The number of benzene rings is 1. The zero-order valence-electron chi connectivity index (χ0n) is 16.1. The number of nitrogens with one attached hydrogen (secondary N) is 2. The second kappa shape index (κ2) is 8.41. The van der Waals surface area contributed by atoms with E-state index in [2.05, 4.69) is 10.6 Å². The van der Waals surface area contributed by atoms with Crippen molar-refractivity contribution in [2.24, 2.45) is 0 Å². The summed E-state index contributed by atoms with van der Waals surface area (Å²) < 4.78 is 0. The van der Waals surface area contributed by atoms with E-state index in [4.69, 9.17) is 0 Å². The summed E-state index contributed by atoms with van der Waals surface area (Å²) in [6.07, 6.45) is 2.63. The molecule has 2 aliphatic heterocycles. The van der Waals surface area contributed by atoms with E-state index in [1.807, 2.05) is 13.0 Å². The molecule has 0 radical (unpaired) electrons. The third-order valence-electron chi connectivity index (χ3n) is 5.39. The van der Waals surface area contributed by atoms with Gasteiger partial charge in [-0.2, -0.15) is 0 Å². The van der Waals surface area contributed by atoms with Gasteiger partial charge in [0.15, 0.2) is 0 Å². The number of carbonyl (C=O) groups excluding carboxylic acids is 4. The molecular weight excluding hydrogens is 360 g/mol. The third kappa shape index (κ3) is 3.85. The minimum absolute atomic E-state index is 0.0156. The van der Waals surface area contributed by atoms with Crippen LogP contribution in [-0.2, 0) is 19.9 Å². The van der Waals surface area contributed by atoms with E-state index in [1.165, 1.54) is 0 Å². The highest BCUT2D eigenvalue weighted by Crippen LogP contribution is 2.32. The monoisotopic (exact) mass is 386 g/mol. The maximum Gasteiger partial charge on any atom is 0.325 e. The molecule has 2 aliphatic rings. The molecule has 28 heavy (non-hydrogen) atoms. The molecule has 1 atom stereocenters. The van der Waals surface area contributed by atoms with Gasteiger partial charge < -0.3 is 15.5 Å². The lowest BCUT2D eigenvalue weighted by atomic mass is 9.87. The SMILES string of the molecule is CCC1(c2ccccc2)NC(=O)N(CC(=O)NCCC(=O)N2CCCC2)C1=O. The van der Waals surface area contributed by atoms with Gasteiger partial charge in [0.1, 0.15) is 12.1 Å². The van der Waals surface area contributed by atoms with Gasteiger partial charge in [-0.1, -0.05) is 37.3 Å². The van der Waals surface area contributed by atoms with Crippen LogP contribution in [0.1, 0.15) is 38.2 Å². The summed E-state index contributed by atoms with van der Waals surface area (Å²) in [4.78, 5) is 52.3. The van der Waals surface area contributed by atoms with Crippen molar-refractivity contribution in [3.63, 3.8) is 0 Å². The van der Waals surface area contributed by atoms with E-state index in [0.717, 1.165) is 30.8 Å². The van der Waals surface area contributed by atoms with Crippen LogP contribution in [0.4, 0.5) is 4.79 Å². The molecule has 0 bridgehead atoms. The van der Waals surface area contributed by atoms with Crippen molar-refractivity contribution in [3.05, 3.63) is 35.9 Å². The number of urea groups is 1. The molecule has 2 N–H and O–H groups in total. The van der Waals surface area contributed by atoms with Crippen LogP contribution in [-0.4, -0.2) is 59.7 Å². The number of hydrogen-bond acceptors (Lipinski definition) is 4. The van der Waals surface area contributed by atoms with Gasteiger partial charge in [0, 0.05) is 26.1 Å². The van der Waals surface area contributed by atoms with Crippen molar-refractivity contribution in [2.45, 2.75) is 38.1 Å². The van der Waals surface area contributed by atoms with Crippen LogP contribution in [0, 0.1) is 0 Å². The molecule has 0 saturated carbocycles. The van der Waals surface area contributed by atoms with Crippen molar-refractivity contribution in [1.29, 1.82) is 0 Å². The van der Waals surface area contributed by atoms with E-state index >= 15 is 0 Å². The Balaban J connectivity index is 1.56. The molecule has 0 aromatic heterocycles. The molecular formula is C20H26N4O4. The second-order valence-corrected chi connectivity index (χ2v) is 7.13. The fourth-order valence-corrected chi connectivity index (χ4v) is 3.76. The Hall–Kier alpha value is -2.90. The van der Waals surface area contributed by atoms with Gasteiger partial charge in [-0.3, -0.25) is 19.3 Å². The summed E-state index contributed by atoms with van der Waals surface area (Å²) >= 11 is 0. The molecule has 0 spiro atoms. The lowest BCUT2D eigenvalue weighted by Gasteiger charge is -2.25. The lowest BCUT2D eigenvalue weighted by Crippen LogP contribution is -2.45. The fourth-order valence-electron chi connectivity index (χ4n) is 3.76. The maximum atomic E-state index is 13.0. The fraction of sp³-hybridized carbons (Fsp3) is 0.500. The molecule has 1 unspecified atom stereocenters. The predicted octanol–water partition coefficient (Wildman–Crippen LogP) is 0.972. The van der Waals surface area contributed by atoms with Crippen LogP contribution in [0.15, 0.2) is 30.3 Å².